The molecule has 1 aliphatic heterocycles. The van der Waals surface area contributed by atoms with Crippen molar-refractivity contribution in [1.82, 2.24) is 10.6 Å². The predicted octanol–water partition coefficient (Wildman–Crippen LogP) is 2.43. The van der Waals surface area contributed by atoms with Crippen LogP contribution in [0.15, 0.2) is 24.3 Å². The van der Waals surface area contributed by atoms with Gasteiger partial charge in [-0.3, -0.25) is 4.79 Å². The fraction of sp³-hybridized carbons (Fsp3) is 0.562. The highest BCUT2D eigenvalue weighted by Gasteiger charge is 2.23. The van der Waals surface area contributed by atoms with E-state index in [1.165, 1.54) is 6.07 Å². The van der Waals surface area contributed by atoms with Crippen LogP contribution in [0.3, 0.4) is 0 Å². The lowest BCUT2D eigenvalue weighted by molar-refractivity contribution is -0.122. The van der Waals surface area contributed by atoms with Gasteiger partial charge in [0.2, 0.25) is 5.91 Å². The molecule has 2 rings (SSSR count). The van der Waals surface area contributed by atoms with Crippen LogP contribution in [0.1, 0.15) is 38.2 Å². The molecule has 3 nitrogen and oxygen atoms in total. The van der Waals surface area contributed by atoms with Gasteiger partial charge in [-0.05, 0) is 43.0 Å². The molecule has 3 unspecified atom stereocenters. The van der Waals surface area contributed by atoms with Gasteiger partial charge in [0.25, 0.3) is 0 Å². The first-order chi connectivity index (χ1) is 9.58. The van der Waals surface area contributed by atoms with Crippen LogP contribution in [-0.4, -0.2) is 25.0 Å². The predicted molar refractivity (Wildman–Crippen MR) is 78.0 cm³/mol. The summed E-state index contributed by atoms with van der Waals surface area (Å²) in [4.78, 5) is 12.1. The molecular weight excluding hydrogens is 255 g/mol. The molecule has 1 aromatic rings. The fourth-order valence-electron chi connectivity index (χ4n) is 2.76. The minimum absolute atomic E-state index is 0.0134. The van der Waals surface area contributed by atoms with E-state index in [1.54, 1.807) is 12.1 Å². The van der Waals surface area contributed by atoms with Gasteiger partial charge >= 0.3 is 0 Å². The van der Waals surface area contributed by atoms with Gasteiger partial charge in [0.05, 0.1) is 0 Å². The molecule has 0 spiro atoms. The van der Waals surface area contributed by atoms with Gasteiger partial charge in [0.1, 0.15) is 5.82 Å². The van der Waals surface area contributed by atoms with Crippen molar-refractivity contribution in [1.29, 1.82) is 0 Å². The third-order valence-electron chi connectivity index (χ3n) is 4.06. The molecule has 1 fully saturated rings. The maximum Gasteiger partial charge on any atom is 0.220 e. The van der Waals surface area contributed by atoms with E-state index in [4.69, 9.17) is 0 Å². The van der Waals surface area contributed by atoms with Crippen molar-refractivity contribution in [3.05, 3.63) is 35.6 Å². The number of piperidine rings is 1. The summed E-state index contributed by atoms with van der Waals surface area (Å²) in [5.74, 6) is 0.118. The summed E-state index contributed by atoms with van der Waals surface area (Å²) in [6, 6.07) is 6.90. The smallest absolute Gasteiger partial charge is 0.220 e. The van der Waals surface area contributed by atoms with Crippen molar-refractivity contribution < 1.29 is 9.18 Å². The molecule has 20 heavy (non-hydrogen) atoms. The lowest BCUT2D eigenvalue weighted by atomic mass is 9.93. The Morgan fingerprint density at radius 3 is 2.95 bits per heavy atom. The Morgan fingerprint density at radius 2 is 2.25 bits per heavy atom. The molecule has 0 aliphatic carbocycles. The van der Waals surface area contributed by atoms with Gasteiger partial charge in [0.15, 0.2) is 0 Å². The second kappa shape index (κ2) is 6.84. The third-order valence-corrected chi connectivity index (χ3v) is 4.06. The molecule has 1 heterocycles. The maximum atomic E-state index is 13.7. The van der Waals surface area contributed by atoms with Gasteiger partial charge < -0.3 is 10.6 Å². The zero-order chi connectivity index (χ0) is 14.5. The lowest BCUT2D eigenvalue weighted by Gasteiger charge is -2.30. The molecule has 1 saturated heterocycles. The molecule has 0 saturated carbocycles. The average Bonchev–Trinajstić information content (AvgIpc) is 2.41. The quantitative estimate of drug-likeness (QED) is 0.888. The van der Waals surface area contributed by atoms with Crippen molar-refractivity contribution in [2.75, 3.05) is 13.1 Å². The topological polar surface area (TPSA) is 41.1 Å². The molecule has 4 heteroatoms. The van der Waals surface area contributed by atoms with Crippen molar-refractivity contribution in [2.45, 2.75) is 38.6 Å². The number of halogens is 1. The molecule has 110 valence electrons. The summed E-state index contributed by atoms with van der Waals surface area (Å²) in [7, 11) is 0. The van der Waals surface area contributed by atoms with Crippen LogP contribution in [0.2, 0.25) is 0 Å². The standard InChI is InChI=1S/C16H23FN2O/c1-11(13-5-3-4-6-14(13)17)9-16(20)19-15-7-8-18-10-12(15)2/h3-6,11-12,15,18H,7-10H2,1-2H3,(H,19,20). The van der Waals surface area contributed by atoms with Crippen LogP contribution >= 0.6 is 0 Å². The number of benzene rings is 1. The zero-order valence-corrected chi connectivity index (χ0v) is 12.2. The molecule has 0 aromatic heterocycles. The first-order valence-electron chi connectivity index (χ1n) is 7.32. The van der Waals surface area contributed by atoms with E-state index in [2.05, 4.69) is 17.6 Å². The highest BCUT2D eigenvalue weighted by Crippen LogP contribution is 2.22. The molecule has 2 N–H and O–H groups in total. The van der Waals surface area contributed by atoms with Gasteiger partial charge in [0, 0.05) is 12.5 Å². The van der Waals surface area contributed by atoms with Crippen molar-refractivity contribution >= 4 is 5.91 Å². The number of hydrogen-bond donors (Lipinski definition) is 2. The van der Waals surface area contributed by atoms with Crippen LogP contribution < -0.4 is 10.6 Å². The highest BCUT2D eigenvalue weighted by atomic mass is 19.1. The van der Waals surface area contributed by atoms with Crippen LogP contribution in [0.25, 0.3) is 0 Å². The molecular formula is C16H23FN2O. The molecule has 0 bridgehead atoms. The Bertz CT molecular complexity index is 464. The van der Waals surface area contributed by atoms with E-state index in [-0.39, 0.29) is 23.7 Å². The Labute approximate surface area is 120 Å². The minimum atomic E-state index is -0.233. The zero-order valence-electron chi connectivity index (χ0n) is 12.2. The van der Waals surface area contributed by atoms with E-state index in [0.29, 0.717) is 17.9 Å². The van der Waals surface area contributed by atoms with Gasteiger partial charge in [-0.1, -0.05) is 32.0 Å². The summed E-state index contributed by atoms with van der Waals surface area (Å²) in [5, 5.41) is 6.40. The monoisotopic (exact) mass is 278 g/mol. The Balaban J connectivity index is 1.89. The molecule has 1 aromatic carbocycles. The first kappa shape index (κ1) is 15.0. The number of hydrogen-bond acceptors (Lipinski definition) is 2. The largest absolute Gasteiger partial charge is 0.353 e. The highest BCUT2D eigenvalue weighted by molar-refractivity contribution is 5.77. The van der Waals surface area contributed by atoms with Gasteiger partial charge in [-0.2, -0.15) is 0 Å². The maximum absolute atomic E-state index is 13.7. The van der Waals surface area contributed by atoms with E-state index in [9.17, 15) is 9.18 Å². The van der Waals surface area contributed by atoms with Crippen LogP contribution in [-0.2, 0) is 4.79 Å². The van der Waals surface area contributed by atoms with Crippen molar-refractivity contribution in [3.8, 4) is 0 Å². The molecule has 1 amide bonds. The Hall–Kier alpha value is -1.42. The summed E-state index contributed by atoms with van der Waals surface area (Å²) < 4.78 is 13.7. The minimum Gasteiger partial charge on any atom is -0.353 e. The summed E-state index contributed by atoms with van der Waals surface area (Å²) >= 11 is 0. The van der Waals surface area contributed by atoms with Crippen LogP contribution in [0, 0.1) is 11.7 Å². The molecule has 0 radical (unpaired) electrons. The van der Waals surface area contributed by atoms with Crippen LogP contribution in [0.5, 0.6) is 0 Å². The third kappa shape index (κ3) is 3.79. The second-order valence-electron chi connectivity index (χ2n) is 5.77. The molecule has 3 atom stereocenters. The lowest BCUT2D eigenvalue weighted by Crippen LogP contribution is -2.48. The normalized spacial score (nSPS) is 24.1. The summed E-state index contributed by atoms with van der Waals surface area (Å²) in [6.45, 7) is 5.91. The second-order valence-corrected chi connectivity index (χ2v) is 5.77. The number of rotatable bonds is 4. The number of carbonyl (C=O) groups excluding carboxylic acids is 1. The number of amides is 1. The van der Waals surface area contributed by atoms with E-state index in [0.717, 1.165) is 19.5 Å². The van der Waals surface area contributed by atoms with E-state index >= 15 is 0 Å². The first-order valence-corrected chi connectivity index (χ1v) is 7.32. The molecule has 1 aliphatic rings. The Kier molecular flexibility index (Phi) is 5.12. The average molecular weight is 278 g/mol. The number of nitrogens with one attached hydrogen (secondary N) is 2. The van der Waals surface area contributed by atoms with Crippen molar-refractivity contribution in [3.63, 3.8) is 0 Å². The van der Waals surface area contributed by atoms with Gasteiger partial charge in [-0.25, -0.2) is 4.39 Å². The fourth-order valence-corrected chi connectivity index (χ4v) is 2.76. The number of carbonyl (C=O) groups is 1. The SMILES string of the molecule is CC(CC(=O)NC1CCNCC1C)c1ccccc1F. The van der Waals surface area contributed by atoms with E-state index in [1.807, 2.05) is 13.0 Å². The van der Waals surface area contributed by atoms with Crippen molar-refractivity contribution in [2.24, 2.45) is 5.92 Å². The summed E-state index contributed by atoms with van der Waals surface area (Å²) in [6.07, 6.45) is 1.29. The summed E-state index contributed by atoms with van der Waals surface area (Å²) in [5.41, 5.74) is 0.612. The van der Waals surface area contributed by atoms with Gasteiger partial charge in [-0.15, -0.1) is 0 Å². The van der Waals surface area contributed by atoms with Crippen LogP contribution in [0.4, 0.5) is 4.39 Å². The van der Waals surface area contributed by atoms with E-state index < -0.39 is 0 Å². The Morgan fingerprint density at radius 1 is 1.50 bits per heavy atom.